The van der Waals surface area contributed by atoms with E-state index in [9.17, 15) is 46.4 Å². The predicted octanol–water partition coefficient (Wildman–Crippen LogP) is 3.28. The normalized spacial score (nSPS) is 11.7. The van der Waals surface area contributed by atoms with Gasteiger partial charge >= 0.3 is 0 Å². The van der Waals surface area contributed by atoms with Gasteiger partial charge in [-0.25, -0.2) is 0 Å². The van der Waals surface area contributed by atoms with Gasteiger partial charge in [0.25, 0.3) is 20.2 Å². The Morgan fingerprint density at radius 1 is 0.438 bits per heavy atom. The fourth-order valence-electron chi connectivity index (χ4n) is 6.06. The summed E-state index contributed by atoms with van der Waals surface area (Å²) in [5, 5.41) is 50.8. The minimum Gasteiger partial charge on any atom is -0.395 e. The molecule has 0 aliphatic carbocycles. The number of para-hydroxylation sites is 2. The van der Waals surface area contributed by atoms with Crippen LogP contribution >= 0.6 is 0 Å². The third-order valence-electron chi connectivity index (χ3n) is 8.88. The molecule has 64 heavy (non-hydrogen) atoms. The minimum absolute atomic E-state index is 0.0364. The highest BCUT2D eigenvalue weighted by atomic mass is 32.2. The summed E-state index contributed by atoms with van der Waals surface area (Å²) in [6.07, 6.45) is 2.41. The van der Waals surface area contributed by atoms with Gasteiger partial charge in [0.15, 0.2) is 0 Å². The van der Waals surface area contributed by atoms with Gasteiger partial charge in [0.2, 0.25) is 35.7 Å². The molecule has 6 aromatic rings. The van der Waals surface area contributed by atoms with E-state index >= 15 is 0 Å². The van der Waals surface area contributed by atoms with E-state index in [0.29, 0.717) is 11.4 Å². The lowest BCUT2D eigenvalue weighted by atomic mass is 10.1. The number of aliphatic hydroxyl groups is 4. The number of rotatable bonds is 22. The fourth-order valence-corrected chi connectivity index (χ4v) is 7.39. The highest BCUT2D eigenvalue weighted by molar-refractivity contribution is 7.86. The van der Waals surface area contributed by atoms with Crippen molar-refractivity contribution in [3.8, 4) is 0 Å². The molecule has 0 saturated carbocycles. The maximum absolute atomic E-state index is 12.6. The van der Waals surface area contributed by atoms with Gasteiger partial charge in [-0.1, -0.05) is 48.6 Å². The molecule has 2 heterocycles. The van der Waals surface area contributed by atoms with E-state index in [1.807, 2.05) is 12.1 Å². The van der Waals surface area contributed by atoms with Crippen LogP contribution in [0.4, 0.5) is 58.4 Å². The lowest BCUT2D eigenvalue weighted by Crippen LogP contribution is -2.31. The molecule has 0 spiro atoms. The van der Waals surface area contributed by atoms with E-state index in [0.717, 1.165) is 12.1 Å². The summed E-state index contributed by atoms with van der Waals surface area (Å²) in [5.74, 6) is 0.279. The van der Waals surface area contributed by atoms with E-state index in [1.54, 1.807) is 48.5 Å². The smallest absolute Gasteiger partial charge is 0.295 e. The second kappa shape index (κ2) is 21.5. The zero-order chi connectivity index (χ0) is 45.7. The third kappa shape index (κ3) is 12.8. The Morgan fingerprint density at radius 2 is 0.750 bits per heavy atom. The number of hydrogen-bond acceptors (Lipinski definition) is 20. The fraction of sp³-hybridized carbons (Fsp3) is 0.200. The molecular formula is C40H44N12O10S2. The molecule has 0 aliphatic heterocycles. The van der Waals surface area contributed by atoms with Crippen molar-refractivity contribution in [2.75, 3.05) is 83.7 Å². The van der Waals surface area contributed by atoms with Crippen LogP contribution in [0.15, 0.2) is 107 Å². The largest absolute Gasteiger partial charge is 0.395 e. The molecule has 4 aromatic carbocycles. The highest BCUT2D eigenvalue weighted by Gasteiger charge is 2.20. The topological polar surface area (TPSA) is 322 Å². The second-order valence-electron chi connectivity index (χ2n) is 13.5. The maximum atomic E-state index is 12.6. The van der Waals surface area contributed by atoms with Gasteiger partial charge in [-0.05, 0) is 71.8 Å². The number of aromatic nitrogens is 6. The number of nitrogens with zero attached hydrogens (tertiary/aromatic N) is 8. The molecule has 0 amide bonds. The predicted molar refractivity (Wildman–Crippen MR) is 240 cm³/mol. The number of aliphatic hydroxyl groups excluding tert-OH is 4. The molecule has 24 heteroatoms. The first-order valence-corrected chi connectivity index (χ1v) is 22.2. The molecule has 0 bridgehead atoms. The summed E-state index contributed by atoms with van der Waals surface area (Å²) in [4.78, 5) is 28.6. The lowest BCUT2D eigenvalue weighted by Gasteiger charge is -2.21. The van der Waals surface area contributed by atoms with Crippen molar-refractivity contribution in [2.45, 2.75) is 9.79 Å². The van der Waals surface area contributed by atoms with E-state index < -0.39 is 30.0 Å². The number of anilines is 10. The first kappa shape index (κ1) is 46.6. The van der Waals surface area contributed by atoms with Crippen LogP contribution in [0.5, 0.6) is 0 Å². The van der Waals surface area contributed by atoms with E-state index in [-0.39, 0.29) is 111 Å². The van der Waals surface area contributed by atoms with Gasteiger partial charge in [-0.15, -0.1) is 0 Å². The average molecular weight is 917 g/mol. The molecule has 0 fully saturated rings. The van der Waals surface area contributed by atoms with Crippen LogP contribution in [-0.2, 0) is 20.2 Å². The SMILES string of the molecule is O=S(=O)(O)c1ccc(Nc2nc(Nc3ccccc3)nc(N(CCO)CCO)n2)cc1/C=C/c1cc(Nc2nc(Nc3ccccc3)nc(N(CCO)CCO)n2)ccc1S(=O)(=O)O. The standard InChI is InChI=1S/C40H44N12O10S2/c53-21-17-51(18-22-54)39-47-35(41-29-7-3-1-4-8-29)45-37(49-39)43-31-13-15-33(63(57,58)59)27(25-31)11-12-28-26-32(14-16-34(28)64(60,61)62)44-38-46-36(42-30-9-5-2-6-10-30)48-40(50-38)52(19-23-55)20-24-56/h1-16,25-26,53-56H,17-24H2,(H,57,58,59)(H,60,61,62)(H2,41,43,45,47,49)(H2,42,44,46,48,50)/b12-11+. The first-order valence-electron chi connectivity index (χ1n) is 19.3. The maximum Gasteiger partial charge on any atom is 0.295 e. The third-order valence-corrected chi connectivity index (χ3v) is 10.7. The van der Waals surface area contributed by atoms with Gasteiger partial charge in [-0.3, -0.25) is 9.11 Å². The van der Waals surface area contributed by atoms with Crippen molar-refractivity contribution >= 4 is 90.8 Å². The molecule has 0 unspecified atom stereocenters. The first-order chi connectivity index (χ1) is 30.8. The Balaban J connectivity index is 1.37. The van der Waals surface area contributed by atoms with Gasteiger partial charge in [0.1, 0.15) is 9.79 Å². The molecule has 22 nitrogen and oxygen atoms in total. The lowest BCUT2D eigenvalue weighted by molar-refractivity contribution is 0.279. The van der Waals surface area contributed by atoms with Gasteiger partial charge in [-0.2, -0.15) is 46.7 Å². The van der Waals surface area contributed by atoms with E-state index in [2.05, 4.69) is 51.2 Å². The molecule has 336 valence electrons. The van der Waals surface area contributed by atoms with Crippen LogP contribution in [0.3, 0.4) is 0 Å². The Hall–Kier alpha value is -6.90. The van der Waals surface area contributed by atoms with Crippen LogP contribution in [0.1, 0.15) is 11.1 Å². The Morgan fingerprint density at radius 3 is 1.05 bits per heavy atom. The summed E-state index contributed by atoms with van der Waals surface area (Å²) in [7, 11) is -9.72. The molecule has 6 rings (SSSR count). The summed E-state index contributed by atoms with van der Waals surface area (Å²) < 4.78 is 70.7. The van der Waals surface area contributed by atoms with E-state index in [1.165, 1.54) is 46.2 Å². The van der Waals surface area contributed by atoms with Crippen LogP contribution < -0.4 is 31.1 Å². The minimum atomic E-state index is -4.86. The van der Waals surface area contributed by atoms with Crippen molar-refractivity contribution < 1.29 is 46.4 Å². The zero-order valence-corrected chi connectivity index (χ0v) is 35.4. The average Bonchev–Trinajstić information content (AvgIpc) is 3.25. The van der Waals surface area contributed by atoms with Crippen LogP contribution in [0.2, 0.25) is 0 Å². The molecule has 0 saturated heterocycles. The number of hydrogen-bond donors (Lipinski definition) is 10. The Kier molecular flexibility index (Phi) is 15.6. The monoisotopic (exact) mass is 916 g/mol. The van der Waals surface area contributed by atoms with Crippen molar-refractivity contribution in [3.05, 3.63) is 108 Å². The van der Waals surface area contributed by atoms with Crippen LogP contribution in [0, 0.1) is 0 Å². The van der Waals surface area contributed by atoms with Gasteiger partial charge in [0.05, 0.1) is 26.4 Å². The van der Waals surface area contributed by atoms with Gasteiger partial charge in [0, 0.05) is 48.9 Å². The molecule has 0 aliphatic rings. The van der Waals surface area contributed by atoms with Crippen molar-refractivity contribution in [1.82, 2.24) is 29.9 Å². The quantitative estimate of drug-likeness (QED) is 0.0345. The second-order valence-corrected chi connectivity index (χ2v) is 16.2. The Labute approximate surface area is 367 Å². The van der Waals surface area contributed by atoms with Gasteiger partial charge < -0.3 is 51.5 Å². The molecule has 2 aromatic heterocycles. The molecule has 0 radical (unpaired) electrons. The summed E-state index contributed by atoms with van der Waals surface area (Å²) in [5.41, 5.74) is 1.44. The number of benzene rings is 4. The van der Waals surface area contributed by atoms with Crippen LogP contribution in [-0.4, -0.2) is 129 Å². The highest BCUT2D eigenvalue weighted by Crippen LogP contribution is 2.29. The molecule has 10 N–H and O–H groups in total. The Bertz CT molecular complexity index is 2580. The van der Waals surface area contributed by atoms with Crippen molar-refractivity contribution in [2.24, 2.45) is 0 Å². The van der Waals surface area contributed by atoms with Crippen LogP contribution in [0.25, 0.3) is 12.2 Å². The zero-order valence-electron chi connectivity index (χ0n) is 33.8. The summed E-state index contributed by atoms with van der Waals surface area (Å²) in [6.45, 7) is -0.801. The molecular weight excluding hydrogens is 873 g/mol. The van der Waals surface area contributed by atoms with Crippen molar-refractivity contribution in [3.63, 3.8) is 0 Å². The molecule has 0 atom stereocenters. The number of nitrogens with one attached hydrogen (secondary N) is 4. The summed E-state index contributed by atoms with van der Waals surface area (Å²) in [6, 6.07) is 25.4. The summed E-state index contributed by atoms with van der Waals surface area (Å²) >= 11 is 0. The van der Waals surface area contributed by atoms with Crippen molar-refractivity contribution in [1.29, 1.82) is 0 Å². The van der Waals surface area contributed by atoms with E-state index in [4.69, 9.17) is 0 Å².